The number of esters is 1. The number of carbonyl (C=O) groups is 2. The van der Waals surface area contributed by atoms with Crippen molar-refractivity contribution in [2.45, 2.75) is 19.0 Å². The molecule has 0 aromatic heterocycles. The minimum atomic E-state index is -1.25. The van der Waals surface area contributed by atoms with Crippen molar-refractivity contribution in [2.24, 2.45) is 0 Å². The van der Waals surface area contributed by atoms with Crippen LogP contribution >= 0.6 is 0 Å². The van der Waals surface area contributed by atoms with Crippen molar-refractivity contribution in [3.8, 4) is 0 Å². The van der Waals surface area contributed by atoms with Crippen LogP contribution < -0.4 is 0 Å². The number of halogens is 2. The van der Waals surface area contributed by atoms with Gasteiger partial charge < -0.3 is 9.64 Å². The third-order valence-corrected chi connectivity index (χ3v) is 3.20. The fourth-order valence-corrected chi connectivity index (χ4v) is 2.03. The summed E-state index contributed by atoms with van der Waals surface area (Å²) in [6, 6.07) is 8.17. The molecule has 0 saturated carbocycles. The lowest BCUT2D eigenvalue weighted by Gasteiger charge is -2.30. The number of benzene rings is 1. The largest absolute Gasteiger partial charge is 0.458 e. The molecule has 1 aromatic carbocycles. The molecule has 1 unspecified atom stereocenters. The highest BCUT2D eigenvalue weighted by Gasteiger charge is 2.26. The number of carbonyl (C=O) groups excluding carboxylic acids is 2. The molecule has 0 N–H and O–H groups in total. The second kappa shape index (κ2) is 9.39. The van der Waals surface area contributed by atoms with Crippen molar-refractivity contribution in [1.82, 2.24) is 4.90 Å². The van der Waals surface area contributed by atoms with E-state index in [1.165, 1.54) is 11.0 Å². The second-order valence-corrected chi connectivity index (χ2v) is 5.01. The molecule has 0 bridgehead atoms. The van der Waals surface area contributed by atoms with Crippen LogP contribution in [-0.4, -0.2) is 29.4 Å². The molecule has 1 amide bonds. The summed E-state index contributed by atoms with van der Waals surface area (Å²) in [5.41, 5.74) is 0.752. The van der Waals surface area contributed by atoms with E-state index in [4.69, 9.17) is 4.74 Å². The fraction of sp³-hybridized carbons (Fsp3) is 0.222. The quantitative estimate of drug-likeness (QED) is 0.394. The lowest BCUT2D eigenvalue weighted by Crippen LogP contribution is -2.43. The van der Waals surface area contributed by atoms with Crippen molar-refractivity contribution in [3.63, 3.8) is 0 Å². The van der Waals surface area contributed by atoms with E-state index >= 15 is 0 Å². The van der Waals surface area contributed by atoms with Gasteiger partial charge in [-0.25, -0.2) is 9.18 Å². The molecular formula is C18H19F2NO3. The van der Waals surface area contributed by atoms with Crippen molar-refractivity contribution < 1.29 is 23.1 Å². The van der Waals surface area contributed by atoms with E-state index in [0.29, 0.717) is 0 Å². The highest BCUT2D eigenvalue weighted by Crippen LogP contribution is 2.16. The van der Waals surface area contributed by atoms with Gasteiger partial charge in [0.1, 0.15) is 6.61 Å². The maximum Gasteiger partial charge on any atom is 0.366 e. The van der Waals surface area contributed by atoms with Crippen LogP contribution in [-0.2, 0) is 20.9 Å². The van der Waals surface area contributed by atoms with Crippen LogP contribution in [0.3, 0.4) is 0 Å². The number of hydrogen-bond donors (Lipinski definition) is 0. The monoisotopic (exact) mass is 335 g/mol. The molecule has 0 aliphatic carbocycles. The summed E-state index contributed by atoms with van der Waals surface area (Å²) in [5, 5.41) is 0. The molecule has 128 valence electrons. The number of nitrogens with zero attached hydrogens (tertiary/aromatic N) is 1. The van der Waals surface area contributed by atoms with Crippen molar-refractivity contribution >= 4 is 11.9 Å². The van der Waals surface area contributed by atoms with Crippen molar-refractivity contribution in [3.05, 3.63) is 73.4 Å². The molecule has 1 aromatic rings. The van der Waals surface area contributed by atoms with Gasteiger partial charge in [0.15, 0.2) is 5.83 Å². The zero-order valence-electron chi connectivity index (χ0n) is 13.2. The van der Waals surface area contributed by atoms with E-state index in [1.54, 1.807) is 30.3 Å². The van der Waals surface area contributed by atoms with Gasteiger partial charge in [-0.1, -0.05) is 49.6 Å². The Morgan fingerprint density at radius 3 is 2.29 bits per heavy atom. The number of hydrogen-bond acceptors (Lipinski definition) is 3. The van der Waals surface area contributed by atoms with Crippen LogP contribution in [0, 0.1) is 0 Å². The van der Waals surface area contributed by atoms with E-state index in [1.807, 2.05) is 0 Å². The first kappa shape index (κ1) is 19.3. The second-order valence-electron chi connectivity index (χ2n) is 5.01. The smallest absolute Gasteiger partial charge is 0.366 e. The van der Waals surface area contributed by atoms with Gasteiger partial charge in [-0.3, -0.25) is 4.79 Å². The molecule has 0 radical (unpaired) electrons. The van der Waals surface area contributed by atoms with Gasteiger partial charge in [0.2, 0.25) is 5.83 Å². The third kappa shape index (κ3) is 5.79. The van der Waals surface area contributed by atoms with Gasteiger partial charge in [-0.15, -0.1) is 6.58 Å². The van der Waals surface area contributed by atoms with Crippen molar-refractivity contribution in [1.29, 1.82) is 0 Å². The third-order valence-electron chi connectivity index (χ3n) is 3.20. The summed E-state index contributed by atoms with van der Waals surface area (Å²) in [5.74, 6) is -4.54. The topological polar surface area (TPSA) is 46.6 Å². The van der Waals surface area contributed by atoms with Gasteiger partial charge in [-0.05, 0) is 12.0 Å². The summed E-state index contributed by atoms with van der Waals surface area (Å²) in [6.07, 6.45) is 1.72. The van der Waals surface area contributed by atoms with Crippen LogP contribution in [0.2, 0.25) is 0 Å². The summed E-state index contributed by atoms with van der Waals surface area (Å²) in [6.45, 7) is 9.19. The molecule has 0 spiro atoms. The Balaban J connectivity index is 2.99. The fourth-order valence-electron chi connectivity index (χ4n) is 2.03. The Morgan fingerprint density at radius 1 is 1.17 bits per heavy atom. The Bertz CT molecular complexity index is 628. The van der Waals surface area contributed by atoms with E-state index in [2.05, 4.69) is 19.7 Å². The minimum absolute atomic E-state index is 0.0786. The summed E-state index contributed by atoms with van der Waals surface area (Å²) >= 11 is 0. The SMILES string of the molecule is C=CCC(COC(=O)C(=C)F)N(Cc1ccccc1)C(=O)C(=C)F. The molecule has 0 saturated heterocycles. The lowest BCUT2D eigenvalue weighted by molar-refractivity contribution is -0.145. The minimum Gasteiger partial charge on any atom is -0.458 e. The Morgan fingerprint density at radius 2 is 1.79 bits per heavy atom. The molecule has 6 heteroatoms. The summed E-state index contributed by atoms with van der Waals surface area (Å²) in [7, 11) is 0. The molecule has 0 heterocycles. The number of amides is 1. The number of ether oxygens (including phenoxy) is 1. The predicted molar refractivity (Wildman–Crippen MR) is 87.0 cm³/mol. The molecule has 1 rings (SSSR count). The van der Waals surface area contributed by atoms with Gasteiger partial charge >= 0.3 is 5.97 Å². The van der Waals surface area contributed by atoms with Crippen molar-refractivity contribution in [2.75, 3.05) is 6.61 Å². The average Bonchev–Trinajstić information content (AvgIpc) is 2.56. The molecule has 0 aliphatic rings. The van der Waals surface area contributed by atoms with Crippen LogP contribution in [0.15, 0.2) is 67.8 Å². The molecular weight excluding hydrogens is 316 g/mol. The highest BCUT2D eigenvalue weighted by molar-refractivity contribution is 5.91. The first-order valence-corrected chi connectivity index (χ1v) is 7.18. The maximum absolute atomic E-state index is 13.4. The Hall–Kier alpha value is -2.76. The average molecular weight is 335 g/mol. The van der Waals surface area contributed by atoms with E-state index < -0.39 is 29.6 Å². The van der Waals surface area contributed by atoms with Gasteiger partial charge in [0.05, 0.1) is 6.04 Å². The van der Waals surface area contributed by atoms with Crippen LogP contribution in [0.4, 0.5) is 8.78 Å². The van der Waals surface area contributed by atoms with Gasteiger partial charge in [0.25, 0.3) is 5.91 Å². The summed E-state index contributed by atoms with van der Waals surface area (Å²) < 4.78 is 30.9. The van der Waals surface area contributed by atoms with Crippen LogP contribution in [0.5, 0.6) is 0 Å². The normalized spacial score (nSPS) is 11.2. The summed E-state index contributed by atoms with van der Waals surface area (Å²) in [4.78, 5) is 24.5. The van der Waals surface area contributed by atoms with E-state index in [0.717, 1.165) is 5.56 Å². The Labute approximate surface area is 139 Å². The first-order chi connectivity index (χ1) is 11.4. The Kier molecular flexibility index (Phi) is 7.55. The standard InChI is InChI=1S/C18H19F2NO3/c1-4-8-16(12-24-18(23)14(3)20)21(17(22)13(2)19)11-15-9-6-5-7-10-15/h4-7,9-10,16H,1-3,8,11-12H2. The zero-order valence-corrected chi connectivity index (χ0v) is 13.2. The van der Waals surface area contributed by atoms with Crippen LogP contribution in [0.25, 0.3) is 0 Å². The zero-order chi connectivity index (χ0) is 18.1. The lowest BCUT2D eigenvalue weighted by atomic mass is 10.1. The first-order valence-electron chi connectivity index (χ1n) is 7.18. The molecule has 4 nitrogen and oxygen atoms in total. The number of rotatable bonds is 9. The molecule has 0 fully saturated rings. The highest BCUT2D eigenvalue weighted by atomic mass is 19.1. The van der Waals surface area contributed by atoms with Gasteiger partial charge in [0, 0.05) is 6.54 Å². The molecule has 1 atom stereocenters. The predicted octanol–water partition coefficient (Wildman–Crippen LogP) is 3.47. The van der Waals surface area contributed by atoms with E-state index in [9.17, 15) is 18.4 Å². The van der Waals surface area contributed by atoms with Gasteiger partial charge in [-0.2, -0.15) is 4.39 Å². The molecule has 24 heavy (non-hydrogen) atoms. The maximum atomic E-state index is 13.4. The molecule has 0 aliphatic heterocycles. The van der Waals surface area contributed by atoms with E-state index in [-0.39, 0.29) is 19.6 Å². The van der Waals surface area contributed by atoms with Crippen LogP contribution in [0.1, 0.15) is 12.0 Å².